The van der Waals surface area contributed by atoms with Crippen molar-refractivity contribution in [3.63, 3.8) is 0 Å². The first-order valence-electron chi connectivity index (χ1n) is 9.62. The fourth-order valence-electron chi connectivity index (χ4n) is 2.92. The largest absolute Gasteiger partial charge is 0.494 e. The van der Waals surface area contributed by atoms with Crippen LogP contribution in [0.4, 0.5) is 0 Å². The second-order valence-corrected chi connectivity index (χ2v) is 6.59. The lowest BCUT2D eigenvalue weighted by atomic mass is 10.0. The molecule has 2 nitrogen and oxygen atoms in total. The van der Waals surface area contributed by atoms with Crippen LogP contribution in [-0.4, -0.2) is 12.9 Å². The summed E-state index contributed by atoms with van der Waals surface area (Å²) in [6.07, 6.45) is 11.4. The molecule has 25 heavy (non-hydrogen) atoms. The van der Waals surface area contributed by atoms with Gasteiger partial charge in [0.15, 0.2) is 0 Å². The molecule has 0 saturated carbocycles. The Morgan fingerprint density at radius 2 is 1.24 bits per heavy atom. The quantitative estimate of drug-likeness (QED) is 0.318. The number of rotatable bonds is 12. The predicted molar refractivity (Wildman–Crippen MR) is 105 cm³/mol. The van der Waals surface area contributed by atoms with Gasteiger partial charge in [-0.05, 0) is 29.7 Å². The molecule has 134 valence electrons. The zero-order valence-corrected chi connectivity index (χ0v) is 15.4. The van der Waals surface area contributed by atoms with Crippen LogP contribution in [0.3, 0.4) is 0 Å². The summed E-state index contributed by atoms with van der Waals surface area (Å²) in [5.41, 5.74) is 2.95. The Morgan fingerprint density at radius 3 is 1.80 bits per heavy atom. The summed E-state index contributed by atoms with van der Waals surface area (Å²) in [6.45, 7) is 3.05. The van der Waals surface area contributed by atoms with E-state index in [1.807, 2.05) is 36.4 Å². The Bertz CT molecular complexity index is 599. The molecule has 0 aliphatic rings. The van der Waals surface area contributed by atoms with Gasteiger partial charge >= 0.3 is 0 Å². The molecule has 0 saturated heterocycles. The topological polar surface area (TPSA) is 26.3 Å². The SMILES string of the molecule is CCCCCCCCCCOc1ccc(-c2ccc(C=O)cc2)cc1. The molecule has 0 N–H and O–H groups in total. The van der Waals surface area contributed by atoms with E-state index in [1.54, 1.807) is 0 Å². The van der Waals surface area contributed by atoms with Crippen molar-refractivity contribution in [3.8, 4) is 16.9 Å². The van der Waals surface area contributed by atoms with Crippen LogP contribution in [0, 0.1) is 0 Å². The molecule has 0 amide bonds. The number of aldehydes is 1. The standard InChI is InChI=1S/C23H30O2/c1-2-3-4-5-6-7-8-9-18-25-23-16-14-22(15-17-23)21-12-10-20(19-24)11-13-21/h10-17,19H,2-9,18H2,1H3. The van der Waals surface area contributed by atoms with E-state index >= 15 is 0 Å². The smallest absolute Gasteiger partial charge is 0.150 e. The highest BCUT2D eigenvalue weighted by Crippen LogP contribution is 2.23. The lowest BCUT2D eigenvalue weighted by Crippen LogP contribution is -1.97. The Morgan fingerprint density at radius 1 is 0.720 bits per heavy atom. The number of hydrogen-bond acceptors (Lipinski definition) is 2. The molecule has 0 unspecified atom stereocenters. The van der Waals surface area contributed by atoms with Crippen LogP contribution in [0.2, 0.25) is 0 Å². The highest BCUT2D eigenvalue weighted by Gasteiger charge is 2.00. The van der Waals surface area contributed by atoms with Gasteiger partial charge in [0.05, 0.1) is 6.61 Å². The van der Waals surface area contributed by atoms with Gasteiger partial charge in [-0.15, -0.1) is 0 Å². The number of carbonyl (C=O) groups excluding carboxylic acids is 1. The van der Waals surface area contributed by atoms with E-state index in [2.05, 4.69) is 19.1 Å². The number of benzene rings is 2. The average molecular weight is 338 g/mol. The van der Waals surface area contributed by atoms with Gasteiger partial charge in [0.1, 0.15) is 12.0 Å². The molecule has 2 aromatic rings. The van der Waals surface area contributed by atoms with Gasteiger partial charge in [0.25, 0.3) is 0 Å². The van der Waals surface area contributed by atoms with Gasteiger partial charge < -0.3 is 4.74 Å². The molecular weight excluding hydrogens is 308 g/mol. The second kappa shape index (κ2) is 11.5. The highest BCUT2D eigenvalue weighted by molar-refractivity contribution is 5.76. The normalized spacial score (nSPS) is 10.6. The Hall–Kier alpha value is -2.09. The fourth-order valence-corrected chi connectivity index (χ4v) is 2.92. The molecule has 0 atom stereocenters. The molecule has 0 aliphatic heterocycles. The minimum absolute atomic E-state index is 0.703. The van der Waals surface area contributed by atoms with Crippen LogP contribution in [0.15, 0.2) is 48.5 Å². The van der Waals surface area contributed by atoms with Gasteiger partial charge in [-0.1, -0.05) is 88.3 Å². The maximum absolute atomic E-state index is 10.7. The van der Waals surface area contributed by atoms with Crippen LogP contribution in [0.1, 0.15) is 68.6 Å². The molecular formula is C23H30O2. The lowest BCUT2D eigenvalue weighted by molar-refractivity contribution is 0.112. The Kier molecular flexibility index (Phi) is 8.82. The van der Waals surface area contributed by atoms with E-state index in [0.717, 1.165) is 36.2 Å². The molecule has 0 fully saturated rings. The third kappa shape index (κ3) is 7.13. The third-order valence-electron chi connectivity index (χ3n) is 4.50. The van der Waals surface area contributed by atoms with Crippen molar-refractivity contribution in [2.75, 3.05) is 6.61 Å². The van der Waals surface area contributed by atoms with Gasteiger partial charge in [-0.3, -0.25) is 4.79 Å². The summed E-state index contributed by atoms with van der Waals surface area (Å²) in [7, 11) is 0. The predicted octanol–water partition coefficient (Wildman–Crippen LogP) is 6.69. The minimum Gasteiger partial charge on any atom is -0.494 e. The van der Waals surface area contributed by atoms with Crippen LogP contribution < -0.4 is 4.74 Å². The first-order valence-corrected chi connectivity index (χ1v) is 9.62. The van der Waals surface area contributed by atoms with Gasteiger partial charge in [0, 0.05) is 5.56 Å². The van der Waals surface area contributed by atoms with E-state index in [4.69, 9.17) is 4.74 Å². The summed E-state index contributed by atoms with van der Waals surface area (Å²) < 4.78 is 5.83. The lowest BCUT2D eigenvalue weighted by Gasteiger charge is -2.08. The van der Waals surface area contributed by atoms with Crippen molar-refractivity contribution < 1.29 is 9.53 Å². The number of carbonyl (C=O) groups is 1. The van der Waals surface area contributed by atoms with Crippen molar-refractivity contribution in [2.45, 2.75) is 58.3 Å². The van der Waals surface area contributed by atoms with Crippen molar-refractivity contribution in [1.82, 2.24) is 0 Å². The monoisotopic (exact) mass is 338 g/mol. The summed E-state index contributed by atoms with van der Waals surface area (Å²) in [5.74, 6) is 0.927. The average Bonchev–Trinajstić information content (AvgIpc) is 2.67. The highest BCUT2D eigenvalue weighted by atomic mass is 16.5. The zero-order chi connectivity index (χ0) is 17.7. The van der Waals surface area contributed by atoms with E-state index in [-0.39, 0.29) is 0 Å². The number of unbranched alkanes of at least 4 members (excludes halogenated alkanes) is 7. The first kappa shape index (κ1) is 19.2. The molecule has 0 aromatic heterocycles. The van der Waals surface area contributed by atoms with Crippen LogP contribution in [0.5, 0.6) is 5.75 Å². The van der Waals surface area contributed by atoms with E-state index in [0.29, 0.717) is 5.56 Å². The molecule has 2 aromatic carbocycles. The van der Waals surface area contributed by atoms with Crippen LogP contribution in [-0.2, 0) is 0 Å². The van der Waals surface area contributed by atoms with Crippen LogP contribution >= 0.6 is 0 Å². The fraction of sp³-hybridized carbons (Fsp3) is 0.435. The maximum Gasteiger partial charge on any atom is 0.150 e. The zero-order valence-electron chi connectivity index (χ0n) is 15.4. The first-order chi connectivity index (χ1) is 12.3. The second-order valence-electron chi connectivity index (χ2n) is 6.59. The van der Waals surface area contributed by atoms with Crippen molar-refractivity contribution in [3.05, 3.63) is 54.1 Å². The molecule has 2 heteroatoms. The summed E-state index contributed by atoms with van der Waals surface area (Å²) in [5, 5.41) is 0. The van der Waals surface area contributed by atoms with E-state index in [1.165, 1.54) is 44.9 Å². The molecule has 0 heterocycles. The maximum atomic E-state index is 10.7. The van der Waals surface area contributed by atoms with Gasteiger partial charge in [0.2, 0.25) is 0 Å². The molecule has 2 rings (SSSR count). The number of ether oxygens (including phenoxy) is 1. The van der Waals surface area contributed by atoms with E-state index in [9.17, 15) is 4.79 Å². The summed E-state index contributed by atoms with van der Waals surface area (Å²) >= 11 is 0. The molecule has 0 radical (unpaired) electrons. The molecule has 0 bridgehead atoms. The van der Waals surface area contributed by atoms with Crippen molar-refractivity contribution in [1.29, 1.82) is 0 Å². The Balaban J connectivity index is 1.65. The van der Waals surface area contributed by atoms with Crippen LogP contribution in [0.25, 0.3) is 11.1 Å². The van der Waals surface area contributed by atoms with Crippen molar-refractivity contribution >= 4 is 6.29 Å². The summed E-state index contributed by atoms with van der Waals surface area (Å²) in [6, 6.07) is 15.8. The summed E-state index contributed by atoms with van der Waals surface area (Å²) in [4.78, 5) is 10.7. The van der Waals surface area contributed by atoms with Gasteiger partial charge in [-0.25, -0.2) is 0 Å². The van der Waals surface area contributed by atoms with Crippen molar-refractivity contribution in [2.24, 2.45) is 0 Å². The van der Waals surface area contributed by atoms with Gasteiger partial charge in [-0.2, -0.15) is 0 Å². The number of hydrogen-bond donors (Lipinski definition) is 0. The Labute approximate surface area is 152 Å². The third-order valence-corrected chi connectivity index (χ3v) is 4.50. The minimum atomic E-state index is 0.703. The molecule has 0 spiro atoms. The van der Waals surface area contributed by atoms with E-state index < -0.39 is 0 Å². The molecule has 0 aliphatic carbocycles.